The molecule has 0 saturated heterocycles. The van der Waals surface area contributed by atoms with E-state index < -0.39 is 16.6 Å². The van der Waals surface area contributed by atoms with Crippen LogP contribution in [0.3, 0.4) is 0 Å². The highest BCUT2D eigenvalue weighted by molar-refractivity contribution is 6.33. The second-order valence-corrected chi connectivity index (χ2v) is 6.15. The second kappa shape index (κ2) is 5.28. The van der Waals surface area contributed by atoms with Gasteiger partial charge in [-0.1, -0.05) is 36.4 Å². The van der Waals surface area contributed by atoms with Gasteiger partial charge in [0, 0.05) is 34.5 Å². The van der Waals surface area contributed by atoms with Gasteiger partial charge in [0.2, 0.25) is 5.95 Å². The van der Waals surface area contributed by atoms with E-state index in [4.69, 9.17) is 16.3 Å². The molecule has 0 N–H and O–H groups in total. The Bertz CT molecular complexity index is 928. The molecule has 0 fully saturated rings. The lowest BCUT2D eigenvalue weighted by atomic mass is 10.0. The molecular formula is C19H12ClF2NO. The van der Waals surface area contributed by atoms with E-state index in [-0.39, 0.29) is 0 Å². The van der Waals surface area contributed by atoms with Crippen LogP contribution in [-0.2, 0) is 4.87 Å². The topological polar surface area (TPSA) is 22.1 Å². The Balaban J connectivity index is 1.96. The normalized spacial score (nSPS) is 18.2. The molecule has 0 aliphatic heterocycles. The first-order chi connectivity index (χ1) is 11.6. The Kier molecular flexibility index (Phi) is 3.32. The van der Waals surface area contributed by atoms with Crippen molar-refractivity contribution >= 4 is 11.6 Å². The first kappa shape index (κ1) is 15.1. The van der Waals surface area contributed by atoms with Crippen LogP contribution >= 0.6 is 11.6 Å². The lowest BCUT2D eigenvalue weighted by Gasteiger charge is -2.10. The van der Waals surface area contributed by atoms with Crippen LogP contribution in [0.2, 0.25) is 0 Å². The third kappa shape index (κ3) is 2.03. The molecule has 0 amide bonds. The number of alkyl halides is 1. The summed E-state index contributed by atoms with van der Waals surface area (Å²) in [5, 5.41) is 0. The standard InChI is InChI=1S/C19H12ClF2NO/c1-24-14-9-13(21)17-18(16(14)11-5-3-2-4-6-11)19(17,20)12-7-8-15(22)23-10-12/h2-10H,1H3. The molecule has 3 aromatic rings. The van der Waals surface area contributed by atoms with Crippen LogP contribution in [0.4, 0.5) is 8.78 Å². The molecule has 1 atom stereocenters. The molecule has 5 heteroatoms. The van der Waals surface area contributed by atoms with Crippen molar-refractivity contribution in [3.05, 3.63) is 83.2 Å². The van der Waals surface area contributed by atoms with E-state index in [9.17, 15) is 8.78 Å². The molecule has 24 heavy (non-hydrogen) atoms. The summed E-state index contributed by atoms with van der Waals surface area (Å²) in [4.78, 5) is 2.49. The van der Waals surface area contributed by atoms with Crippen LogP contribution < -0.4 is 4.74 Å². The van der Waals surface area contributed by atoms with E-state index in [1.54, 1.807) is 0 Å². The maximum absolute atomic E-state index is 14.5. The highest BCUT2D eigenvalue weighted by Gasteiger charge is 2.56. The molecule has 0 bridgehead atoms. The summed E-state index contributed by atoms with van der Waals surface area (Å²) in [6, 6.07) is 13.6. The number of methoxy groups -OCH3 is 1. The quantitative estimate of drug-likeness (QED) is 0.499. The maximum atomic E-state index is 14.5. The van der Waals surface area contributed by atoms with E-state index in [0.29, 0.717) is 22.4 Å². The molecule has 2 nitrogen and oxygen atoms in total. The van der Waals surface area contributed by atoms with Gasteiger partial charge in [0.05, 0.1) is 7.11 Å². The van der Waals surface area contributed by atoms with Crippen molar-refractivity contribution in [2.75, 3.05) is 7.11 Å². The van der Waals surface area contributed by atoms with Crippen molar-refractivity contribution in [1.82, 2.24) is 4.98 Å². The zero-order valence-corrected chi connectivity index (χ0v) is 13.4. The number of nitrogens with zero attached hydrogens (tertiary/aromatic N) is 1. The van der Waals surface area contributed by atoms with Gasteiger partial charge in [-0.2, -0.15) is 4.39 Å². The summed E-state index contributed by atoms with van der Waals surface area (Å²) in [7, 11) is 1.49. The van der Waals surface area contributed by atoms with Gasteiger partial charge in [-0.05, 0) is 11.6 Å². The number of rotatable bonds is 3. The van der Waals surface area contributed by atoms with Crippen LogP contribution in [0.5, 0.6) is 5.75 Å². The van der Waals surface area contributed by atoms with Crippen molar-refractivity contribution in [2.45, 2.75) is 4.87 Å². The third-order valence-corrected chi connectivity index (χ3v) is 4.87. The number of fused-ring (bicyclic) bond motifs is 1. The number of ether oxygens (including phenoxy) is 1. The number of aromatic nitrogens is 1. The molecule has 1 unspecified atom stereocenters. The summed E-state index contributed by atoms with van der Waals surface area (Å²) in [5.74, 6) is -0.638. The molecule has 0 saturated carbocycles. The van der Waals surface area contributed by atoms with Gasteiger partial charge in [0.1, 0.15) is 16.4 Å². The number of pyridine rings is 1. The van der Waals surface area contributed by atoms with Gasteiger partial charge in [-0.25, -0.2) is 9.37 Å². The molecule has 0 radical (unpaired) electrons. The van der Waals surface area contributed by atoms with Gasteiger partial charge >= 0.3 is 0 Å². The van der Waals surface area contributed by atoms with E-state index in [1.807, 2.05) is 30.3 Å². The van der Waals surface area contributed by atoms with E-state index >= 15 is 0 Å². The zero-order chi connectivity index (χ0) is 16.9. The van der Waals surface area contributed by atoms with Crippen molar-refractivity contribution in [3.63, 3.8) is 0 Å². The number of halogens is 3. The van der Waals surface area contributed by atoms with Crippen LogP contribution in [-0.4, -0.2) is 12.1 Å². The second-order valence-electron chi connectivity index (χ2n) is 5.58. The highest BCUT2D eigenvalue weighted by Crippen LogP contribution is 2.64. The fourth-order valence-corrected chi connectivity index (χ4v) is 3.58. The highest BCUT2D eigenvalue weighted by atomic mass is 35.5. The SMILES string of the molecule is COc1cc(F)c2c(c1-c1ccccc1)C2(Cl)c1ccc(F)nc1. The summed E-state index contributed by atoms with van der Waals surface area (Å²) in [6.07, 6.45) is 1.34. The Morgan fingerprint density at radius 2 is 1.79 bits per heavy atom. The summed E-state index contributed by atoms with van der Waals surface area (Å²) < 4.78 is 33.0. The van der Waals surface area contributed by atoms with Gasteiger partial charge in [0.25, 0.3) is 0 Å². The summed E-state index contributed by atoms with van der Waals surface area (Å²) >= 11 is 6.75. The van der Waals surface area contributed by atoms with Crippen LogP contribution in [0, 0.1) is 11.8 Å². The maximum Gasteiger partial charge on any atom is 0.212 e. The van der Waals surface area contributed by atoms with E-state index in [0.717, 1.165) is 11.1 Å². The predicted octanol–water partition coefficient (Wildman–Crippen LogP) is 4.88. The Morgan fingerprint density at radius 1 is 1.04 bits per heavy atom. The molecule has 0 spiro atoms. The molecule has 2 aromatic carbocycles. The zero-order valence-electron chi connectivity index (χ0n) is 12.7. The van der Waals surface area contributed by atoms with E-state index in [1.165, 1.54) is 31.5 Å². The lowest BCUT2D eigenvalue weighted by molar-refractivity contribution is 0.413. The molecule has 4 rings (SSSR count). The minimum Gasteiger partial charge on any atom is -0.496 e. The van der Waals surface area contributed by atoms with Gasteiger partial charge in [-0.3, -0.25) is 0 Å². The molecule has 1 aliphatic carbocycles. The average molecular weight is 344 g/mol. The summed E-state index contributed by atoms with van der Waals surface area (Å²) in [5.41, 5.74) is 3.18. The first-order valence-corrected chi connectivity index (χ1v) is 7.73. The number of hydrogen-bond acceptors (Lipinski definition) is 2. The number of benzene rings is 2. The molecule has 1 heterocycles. The van der Waals surface area contributed by atoms with E-state index in [2.05, 4.69) is 4.98 Å². The largest absolute Gasteiger partial charge is 0.496 e. The van der Waals surface area contributed by atoms with Crippen LogP contribution in [0.25, 0.3) is 11.1 Å². The average Bonchev–Trinajstić information content (AvgIpc) is 3.23. The molecule has 1 aliphatic rings. The smallest absolute Gasteiger partial charge is 0.212 e. The monoisotopic (exact) mass is 343 g/mol. The number of hydrogen-bond donors (Lipinski definition) is 0. The molecular weight excluding hydrogens is 332 g/mol. The minimum absolute atomic E-state index is 0.386. The Hall–Kier alpha value is -2.46. The fraction of sp³-hybridized carbons (Fsp3) is 0.105. The lowest BCUT2D eigenvalue weighted by Crippen LogP contribution is -2.03. The fourth-order valence-electron chi connectivity index (χ4n) is 3.14. The van der Waals surface area contributed by atoms with Crippen molar-refractivity contribution < 1.29 is 13.5 Å². The van der Waals surface area contributed by atoms with Crippen molar-refractivity contribution in [1.29, 1.82) is 0 Å². The Labute approximate surface area is 142 Å². The minimum atomic E-state index is -1.15. The van der Waals surface area contributed by atoms with Crippen molar-refractivity contribution in [2.24, 2.45) is 0 Å². The predicted molar refractivity (Wildman–Crippen MR) is 88.3 cm³/mol. The van der Waals surface area contributed by atoms with Gasteiger partial charge in [-0.15, -0.1) is 11.6 Å². The third-order valence-electron chi connectivity index (χ3n) is 4.28. The van der Waals surface area contributed by atoms with Crippen LogP contribution in [0.1, 0.15) is 16.7 Å². The first-order valence-electron chi connectivity index (χ1n) is 7.35. The Morgan fingerprint density at radius 3 is 2.42 bits per heavy atom. The van der Waals surface area contributed by atoms with Gasteiger partial charge in [0.15, 0.2) is 0 Å². The van der Waals surface area contributed by atoms with Gasteiger partial charge < -0.3 is 4.74 Å². The van der Waals surface area contributed by atoms with Crippen LogP contribution in [0.15, 0.2) is 54.7 Å². The summed E-state index contributed by atoms with van der Waals surface area (Å²) in [6.45, 7) is 0. The molecule has 1 aromatic heterocycles. The van der Waals surface area contributed by atoms with Crippen molar-refractivity contribution in [3.8, 4) is 16.9 Å². The molecule has 120 valence electrons.